The second-order valence-corrected chi connectivity index (χ2v) is 7.28. The van der Waals surface area contributed by atoms with Crippen LogP contribution in [0.4, 0.5) is 11.5 Å². The second kappa shape index (κ2) is 8.69. The molecule has 3 N–H and O–H groups in total. The Morgan fingerprint density at radius 3 is 2.68 bits per heavy atom. The molecule has 28 heavy (non-hydrogen) atoms. The van der Waals surface area contributed by atoms with Gasteiger partial charge in [0.1, 0.15) is 6.10 Å². The number of carbonyl (C=O) groups is 1. The summed E-state index contributed by atoms with van der Waals surface area (Å²) in [6.07, 6.45) is 1.10. The summed E-state index contributed by atoms with van der Waals surface area (Å²) in [5.41, 5.74) is 7.54. The second-order valence-electron chi connectivity index (χ2n) is 6.00. The van der Waals surface area contributed by atoms with E-state index in [1.165, 1.54) is 12.3 Å². The minimum atomic E-state index is -0.360. The molecule has 0 saturated carbocycles. The minimum Gasteiger partial charge on any atom is -0.482 e. The third-order valence-electron chi connectivity index (χ3n) is 3.94. The lowest BCUT2D eigenvalue weighted by Gasteiger charge is -2.17. The quantitative estimate of drug-likeness (QED) is 0.513. The number of aromatic nitrogens is 1. The first-order valence-corrected chi connectivity index (χ1v) is 9.41. The molecule has 0 saturated heterocycles. The number of ether oxygens (including phenoxy) is 1. The Labute approximate surface area is 177 Å². The molecule has 0 radical (unpaired) electrons. The summed E-state index contributed by atoms with van der Waals surface area (Å²) in [5.74, 6) is 0.276. The smallest absolute Gasteiger partial charge is 0.257 e. The first kappa shape index (κ1) is 20.3. The van der Waals surface area contributed by atoms with E-state index in [1.807, 2.05) is 19.1 Å². The summed E-state index contributed by atoms with van der Waals surface area (Å²) < 4.78 is 5.87. The molecule has 1 amide bonds. The molecule has 0 aliphatic heterocycles. The summed E-state index contributed by atoms with van der Waals surface area (Å²) in [4.78, 5) is 16.5. The summed E-state index contributed by atoms with van der Waals surface area (Å²) in [6, 6.07) is 13.6. The topological polar surface area (TPSA) is 77.2 Å². The maximum Gasteiger partial charge on any atom is 0.257 e. The molecule has 1 aromatic heterocycles. The van der Waals surface area contributed by atoms with Crippen LogP contribution in [0.1, 0.15) is 28.9 Å². The highest BCUT2D eigenvalue weighted by Gasteiger charge is 2.14. The van der Waals surface area contributed by atoms with Gasteiger partial charge in [-0.3, -0.25) is 4.79 Å². The number of halogens is 3. The van der Waals surface area contributed by atoms with Crippen LogP contribution in [0.3, 0.4) is 0 Å². The van der Waals surface area contributed by atoms with Crippen LogP contribution in [0.2, 0.25) is 15.1 Å². The highest BCUT2D eigenvalue weighted by Crippen LogP contribution is 2.29. The number of pyridine rings is 1. The van der Waals surface area contributed by atoms with Gasteiger partial charge in [-0.05, 0) is 42.8 Å². The summed E-state index contributed by atoms with van der Waals surface area (Å²) in [7, 11) is 0. The van der Waals surface area contributed by atoms with Crippen molar-refractivity contribution in [2.75, 3.05) is 11.1 Å². The van der Waals surface area contributed by atoms with Crippen LogP contribution < -0.4 is 15.8 Å². The molecular weight excluding hydrogens is 421 g/mol. The number of nitrogen functional groups attached to an aromatic ring is 1. The first-order chi connectivity index (χ1) is 13.3. The number of carbonyl (C=O) groups excluding carboxylic acids is 1. The number of hydrogen-bond acceptors (Lipinski definition) is 4. The fraction of sp³-hybridized carbons (Fsp3) is 0.100. The zero-order chi connectivity index (χ0) is 20.3. The van der Waals surface area contributed by atoms with Crippen LogP contribution in [-0.4, -0.2) is 10.9 Å². The maximum absolute atomic E-state index is 12.5. The highest BCUT2D eigenvalue weighted by atomic mass is 35.5. The standard InChI is InChI=1S/C20H16Cl3N3O2/c1-11(28-18-9-14(22)10-25-19(18)24)12-3-2-4-15(7-12)26-20(27)16-8-13(21)5-6-17(16)23/h2-11H,1H3,(H2,24,25)(H,26,27). The number of benzene rings is 2. The van der Waals surface area contributed by atoms with E-state index in [4.69, 9.17) is 45.3 Å². The van der Waals surface area contributed by atoms with Gasteiger partial charge in [0.2, 0.25) is 0 Å². The van der Waals surface area contributed by atoms with Gasteiger partial charge in [0.25, 0.3) is 5.91 Å². The largest absolute Gasteiger partial charge is 0.482 e. The first-order valence-electron chi connectivity index (χ1n) is 8.27. The fourth-order valence-corrected chi connectivity index (χ4v) is 3.05. The molecular formula is C20H16Cl3N3O2. The zero-order valence-corrected chi connectivity index (χ0v) is 17.0. The lowest BCUT2D eigenvalue weighted by atomic mass is 10.1. The van der Waals surface area contributed by atoms with Gasteiger partial charge in [-0.1, -0.05) is 46.9 Å². The number of nitrogens with one attached hydrogen (secondary N) is 1. The predicted octanol–water partition coefficient (Wildman–Crippen LogP) is 6.02. The third kappa shape index (κ3) is 4.87. The number of nitrogens with two attached hydrogens (primary N) is 1. The van der Waals surface area contributed by atoms with E-state index >= 15 is 0 Å². The van der Waals surface area contributed by atoms with Gasteiger partial charge < -0.3 is 15.8 Å². The Kier molecular flexibility index (Phi) is 6.29. The molecule has 5 nitrogen and oxygen atoms in total. The van der Waals surface area contributed by atoms with E-state index in [1.54, 1.807) is 30.3 Å². The third-order valence-corrected chi connectivity index (χ3v) is 4.71. The number of nitrogens with zero attached hydrogens (tertiary/aromatic N) is 1. The Morgan fingerprint density at radius 1 is 1.11 bits per heavy atom. The molecule has 3 aromatic rings. The van der Waals surface area contributed by atoms with Crippen LogP contribution in [0.15, 0.2) is 54.7 Å². The van der Waals surface area contributed by atoms with E-state index in [-0.39, 0.29) is 17.8 Å². The van der Waals surface area contributed by atoms with Crippen molar-refractivity contribution in [2.45, 2.75) is 13.0 Å². The van der Waals surface area contributed by atoms with Crippen molar-refractivity contribution in [3.63, 3.8) is 0 Å². The molecule has 1 unspecified atom stereocenters. The van der Waals surface area contributed by atoms with Gasteiger partial charge in [0.05, 0.1) is 15.6 Å². The van der Waals surface area contributed by atoms with Gasteiger partial charge >= 0.3 is 0 Å². The van der Waals surface area contributed by atoms with E-state index in [0.717, 1.165) is 5.56 Å². The van der Waals surface area contributed by atoms with Gasteiger partial charge in [-0.15, -0.1) is 0 Å². The van der Waals surface area contributed by atoms with Crippen LogP contribution in [0, 0.1) is 0 Å². The van der Waals surface area contributed by atoms with E-state index in [0.29, 0.717) is 32.1 Å². The van der Waals surface area contributed by atoms with Crippen LogP contribution in [-0.2, 0) is 0 Å². The van der Waals surface area contributed by atoms with Gasteiger partial charge in [-0.25, -0.2) is 4.98 Å². The molecule has 0 spiro atoms. The molecule has 1 atom stereocenters. The van der Waals surface area contributed by atoms with E-state index in [2.05, 4.69) is 10.3 Å². The van der Waals surface area contributed by atoms with Gasteiger partial charge in [0, 0.05) is 23.0 Å². The minimum absolute atomic E-state index is 0.247. The molecule has 144 valence electrons. The number of anilines is 2. The average molecular weight is 437 g/mol. The molecule has 3 rings (SSSR count). The normalized spacial score (nSPS) is 11.7. The number of rotatable bonds is 5. The molecule has 0 fully saturated rings. The average Bonchev–Trinajstić information content (AvgIpc) is 2.66. The molecule has 0 aliphatic carbocycles. The maximum atomic E-state index is 12.5. The lowest BCUT2D eigenvalue weighted by Crippen LogP contribution is -2.13. The van der Waals surface area contributed by atoms with E-state index < -0.39 is 0 Å². The van der Waals surface area contributed by atoms with Crippen molar-refractivity contribution < 1.29 is 9.53 Å². The Balaban J connectivity index is 1.77. The van der Waals surface area contributed by atoms with Crippen LogP contribution >= 0.6 is 34.8 Å². The predicted molar refractivity (Wildman–Crippen MR) is 114 cm³/mol. The van der Waals surface area contributed by atoms with Crippen LogP contribution in [0.5, 0.6) is 5.75 Å². The number of hydrogen-bond donors (Lipinski definition) is 2. The SMILES string of the molecule is CC(Oc1cc(Cl)cnc1N)c1cccc(NC(=O)c2cc(Cl)ccc2Cl)c1. The van der Waals surface area contributed by atoms with Gasteiger partial charge in [0.15, 0.2) is 11.6 Å². The van der Waals surface area contributed by atoms with Crippen molar-refractivity contribution in [3.8, 4) is 5.75 Å². The summed E-state index contributed by atoms with van der Waals surface area (Å²) in [5, 5.41) is 3.98. The molecule has 0 aliphatic rings. The van der Waals surface area contributed by atoms with E-state index in [9.17, 15) is 4.79 Å². The van der Waals surface area contributed by atoms with Crippen molar-refractivity contribution >= 4 is 52.2 Å². The summed E-state index contributed by atoms with van der Waals surface area (Å²) >= 11 is 18.0. The molecule has 1 heterocycles. The lowest BCUT2D eigenvalue weighted by molar-refractivity contribution is 0.102. The fourth-order valence-electron chi connectivity index (χ4n) is 2.52. The molecule has 8 heteroatoms. The summed E-state index contributed by atoms with van der Waals surface area (Å²) in [6.45, 7) is 1.86. The Bertz CT molecular complexity index is 1030. The van der Waals surface area contributed by atoms with Crippen molar-refractivity contribution in [1.29, 1.82) is 0 Å². The molecule has 0 bridgehead atoms. The zero-order valence-electron chi connectivity index (χ0n) is 14.7. The van der Waals surface area contributed by atoms with Crippen LogP contribution in [0.25, 0.3) is 0 Å². The van der Waals surface area contributed by atoms with Crippen molar-refractivity contribution in [1.82, 2.24) is 4.98 Å². The Hall–Kier alpha value is -2.47. The van der Waals surface area contributed by atoms with Gasteiger partial charge in [-0.2, -0.15) is 0 Å². The molecule has 2 aromatic carbocycles. The monoisotopic (exact) mass is 435 g/mol. The Morgan fingerprint density at radius 2 is 1.89 bits per heavy atom. The highest BCUT2D eigenvalue weighted by molar-refractivity contribution is 6.36. The van der Waals surface area contributed by atoms with Crippen molar-refractivity contribution in [3.05, 3.63) is 80.9 Å². The number of amides is 1. The van der Waals surface area contributed by atoms with Crippen molar-refractivity contribution in [2.24, 2.45) is 0 Å².